The third-order valence-electron chi connectivity index (χ3n) is 5.13. The summed E-state index contributed by atoms with van der Waals surface area (Å²) in [6.07, 6.45) is 4.24. The molecule has 0 spiro atoms. The van der Waals surface area contributed by atoms with Crippen molar-refractivity contribution in [2.45, 2.75) is 70.1 Å². The first-order chi connectivity index (χ1) is 11.4. The minimum absolute atomic E-state index is 0.171. The number of hydrogen-bond acceptors (Lipinski definition) is 1. The number of hydrogen-bond donors (Lipinski definition) is 0. The van der Waals surface area contributed by atoms with Gasteiger partial charge in [0, 0.05) is 19.0 Å². The van der Waals surface area contributed by atoms with E-state index in [-0.39, 0.29) is 11.9 Å². The first-order valence-corrected chi connectivity index (χ1v) is 8.89. The molecule has 24 heavy (non-hydrogen) atoms. The van der Waals surface area contributed by atoms with Crippen LogP contribution in [0.4, 0.5) is 13.2 Å². The van der Waals surface area contributed by atoms with Crippen molar-refractivity contribution in [2.75, 3.05) is 0 Å². The number of alkyl halides is 3. The molecule has 1 amide bonds. The quantitative estimate of drug-likeness (QED) is 0.725. The molecule has 2 fully saturated rings. The number of carbonyl (C=O) groups is 1. The van der Waals surface area contributed by atoms with E-state index in [1.165, 1.54) is 31.4 Å². The Morgan fingerprint density at radius 3 is 2.17 bits per heavy atom. The maximum absolute atomic E-state index is 12.7. The van der Waals surface area contributed by atoms with Gasteiger partial charge in [-0.2, -0.15) is 13.2 Å². The molecule has 2 aliphatic rings. The number of rotatable bonds is 5. The van der Waals surface area contributed by atoms with E-state index in [2.05, 4.69) is 0 Å². The molecule has 0 heterocycles. The molecule has 3 rings (SSSR count). The minimum atomic E-state index is -4.31. The fourth-order valence-corrected chi connectivity index (χ4v) is 3.56. The van der Waals surface area contributed by atoms with Crippen LogP contribution in [0, 0.1) is 5.92 Å². The van der Waals surface area contributed by atoms with Gasteiger partial charge in [-0.25, -0.2) is 0 Å². The molecule has 0 unspecified atom stereocenters. The second-order valence-electron chi connectivity index (χ2n) is 7.16. The molecule has 2 aliphatic carbocycles. The van der Waals surface area contributed by atoms with Crippen molar-refractivity contribution in [2.24, 2.45) is 5.92 Å². The lowest BCUT2D eigenvalue weighted by Gasteiger charge is -2.27. The highest BCUT2D eigenvalue weighted by Gasteiger charge is 2.34. The normalized spacial score (nSPS) is 19.3. The Kier molecular flexibility index (Phi) is 5.16. The van der Waals surface area contributed by atoms with E-state index in [1.54, 1.807) is 0 Å². The van der Waals surface area contributed by atoms with Crippen molar-refractivity contribution in [1.29, 1.82) is 0 Å². The fourth-order valence-electron chi connectivity index (χ4n) is 3.56. The summed E-state index contributed by atoms with van der Waals surface area (Å²) in [5, 5.41) is 0. The van der Waals surface area contributed by atoms with E-state index in [9.17, 15) is 18.0 Å². The van der Waals surface area contributed by atoms with Gasteiger partial charge in [-0.1, -0.05) is 31.4 Å². The second kappa shape index (κ2) is 7.16. The predicted molar refractivity (Wildman–Crippen MR) is 86.2 cm³/mol. The van der Waals surface area contributed by atoms with Gasteiger partial charge in [-0.3, -0.25) is 4.79 Å². The molecule has 0 saturated heterocycles. The van der Waals surface area contributed by atoms with Crippen LogP contribution in [0.5, 0.6) is 0 Å². The van der Waals surface area contributed by atoms with Crippen LogP contribution < -0.4 is 0 Å². The smallest absolute Gasteiger partial charge is 0.335 e. The summed E-state index contributed by atoms with van der Waals surface area (Å²) in [5.41, 5.74) is 0.129. The molecule has 0 aliphatic heterocycles. The zero-order valence-electron chi connectivity index (χ0n) is 13.8. The molecule has 0 aromatic heterocycles. The maximum atomic E-state index is 12.7. The van der Waals surface area contributed by atoms with Gasteiger partial charge in [0.25, 0.3) is 0 Å². The van der Waals surface area contributed by atoms with Crippen molar-refractivity contribution < 1.29 is 18.0 Å². The summed E-state index contributed by atoms with van der Waals surface area (Å²) < 4.78 is 37.9. The summed E-state index contributed by atoms with van der Waals surface area (Å²) in [6, 6.07) is 5.47. The van der Waals surface area contributed by atoms with E-state index in [1.807, 2.05) is 4.90 Å². The van der Waals surface area contributed by atoms with Crippen molar-refractivity contribution in [3.63, 3.8) is 0 Å². The van der Waals surface area contributed by atoms with Crippen LogP contribution in [0.2, 0.25) is 0 Å². The predicted octanol–water partition coefficient (Wildman–Crippen LogP) is 5.17. The molecular formula is C19H24F3NO. The molecule has 5 heteroatoms. The number of amides is 1. The van der Waals surface area contributed by atoms with Crippen LogP contribution in [0.15, 0.2) is 24.3 Å². The Morgan fingerprint density at radius 1 is 1.00 bits per heavy atom. The Hall–Kier alpha value is -1.52. The average Bonchev–Trinajstić information content (AvgIpc) is 3.38. The first-order valence-electron chi connectivity index (χ1n) is 8.89. The van der Waals surface area contributed by atoms with Crippen LogP contribution in [-0.2, 0) is 17.5 Å². The lowest BCUT2D eigenvalue weighted by molar-refractivity contribution is -0.137. The first kappa shape index (κ1) is 17.3. The molecule has 0 bridgehead atoms. The summed E-state index contributed by atoms with van der Waals surface area (Å²) in [7, 11) is 0. The molecule has 2 nitrogen and oxygen atoms in total. The zero-order valence-corrected chi connectivity index (χ0v) is 13.8. The largest absolute Gasteiger partial charge is 0.416 e. The Labute approximate surface area is 141 Å². The van der Waals surface area contributed by atoms with Crippen LogP contribution in [-0.4, -0.2) is 16.8 Å². The van der Waals surface area contributed by atoms with E-state index < -0.39 is 11.7 Å². The summed E-state index contributed by atoms with van der Waals surface area (Å²) in [4.78, 5) is 14.6. The van der Waals surface area contributed by atoms with Gasteiger partial charge in [0.2, 0.25) is 5.91 Å². The van der Waals surface area contributed by atoms with E-state index in [0.29, 0.717) is 18.9 Å². The summed E-state index contributed by atoms with van der Waals surface area (Å²) >= 11 is 0. The summed E-state index contributed by atoms with van der Waals surface area (Å²) in [5.74, 6) is 0.657. The Balaban J connectivity index is 1.62. The number of nitrogens with zero attached hydrogens (tertiary/aromatic N) is 1. The van der Waals surface area contributed by atoms with Crippen LogP contribution in [0.3, 0.4) is 0 Å². The highest BCUT2D eigenvalue weighted by Crippen LogP contribution is 2.33. The van der Waals surface area contributed by atoms with Gasteiger partial charge < -0.3 is 4.90 Å². The van der Waals surface area contributed by atoms with Crippen molar-refractivity contribution >= 4 is 5.91 Å². The Morgan fingerprint density at radius 2 is 1.62 bits per heavy atom. The monoisotopic (exact) mass is 339 g/mol. The Bertz CT molecular complexity index is 557. The molecular weight excluding hydrogens is 315 g/mol. The molecule has 0 N–H and O–H groups in total. The molecule has 1 aromatic rings. The van der Waals surface area contributed by atoms with Crippen molar-refractivity contribution in [3.8, 4) is 0 Å². The van der Waals surface area contributed by atoms with E-state index in [0.717, 1.165) is 43.4 Å². The summed E-state index contributed by atoms with van der Waals surface area (Å²) in [6.45, 7) is 0.425. The SMILES string of the molecule is O=C(CC1CCCCC1)N(Cc1ccc(C(F)(F)F)cc1)C1CC1. The molecule has 2 saturated carbocycles. The topological polar surface area (TPSA) is 20.3 Å². The van der Waals surface area contributed by atoms with Crippen LogP contribution in [0.1, 0.15) is 62.5 Å². The van der Waals surface area contributed by atoms with Crippen LogP contribution >= 0.6 is 0 Å². The van der Waals surface area contributed by atoms with Crippen molar-refractivity contribution in [3.05, 3.63) is 35.4 Å². The highest BCUT2D eigenvalue weighted by atomic mass is 19.4. The van der Waals surface area contributed by atoms with Gasteiger partial charge in [0.1, 0.15) is 0 Å². The zero-order chi connectivity index (χ0) is 17.2. The van der Waals surface area contributed by atoms with Crippen LogP contribution in [0.25, 0.3) is 0 Å². The molecule has 132 valence electrons. The third-order valence-corrected chi connectivity index (χ3v) is 5.13. The lowest BCUT2D eigenvalue weighted by Crippen LogP contribution is -2.34. The number of carbonyl (C=O) groups excluding carboxylic acids is 1. The lowest BCUT2D eigenvalue weighted by atomic mass is 9.86. The molecule has 1 aromatic carbocycles. The van der Waals surface area contributed by atoms with Gasteiger partial charge in [-0.05, 0) is 49.3 Å². The van der Waals surface area contributed by atoms with Gasteiger partial charge in [-0.15, -0.1) is 0 Å². The third kappa shape index (κ3) is 4.52. The van der Waals surface area contributed by atoms with Gasteiger partial charge in [0.15, 0.2) is 0 Å². The second-order valence-corrected chi connectivity index (χ2v) is 7.16. The van der Waals surface area contributed by atoms with E-state index >= 15 is 0 Å². The number of benzene rings is 1. The van der Waals surface area contributed by atoms with Crippen molar-refractivity contribution in [1.82, 2.24) is 4.90 Å². The average molecular weight is 339 g/mol. The maximum Gasteiger partial charge on any atom is 0.416 e. The molecule has 0 atom stereocenters. The number of halogens is 3. The van der Waals surface area contributed by atoms with Gasteiger partial charge in [0.05, 0.1) is 5.56 Å². The van der Waals surface area contributed by atoms with Gasteiger partial charge >= 0.3 is 6.18 Å². The molecule has 0 radical (unpaired) electrons. The fraction of sp³-hybridized carbons (Fsp3) is 0.632. The highest BCUT2D eigenvalue weighted by molar-refractivity contribution is 5.77. The van der Waals surface area contributed by atoms with E-state index in [4.69, 9.17) is 0 Å². The standard InChI is InChI=1S/C19H24F3NO/c20-19(21,22)16-8-6-15(7-9-16)13-23(17-10-11-17)18(24)12-14-4-2-1-3-5-14/h6-9,14,17H,1-5,10-13H2. The minimum Gasteiger partial charge on any atom is -0.335 e.